The Morgan fingerprint density at radius 3 is 2.61 bits per heavy atom. The highest BCUT2D eigenvalue weighted by Crippen LogP contribution is 2.75. The number of carbonyl (C=O) groups excluding carboxylic acids is 4. The third-order valence-corrected chi connectivity index (χ3v) is 10.1. The van der Waals surface area contributed by atoms with Crippen molar-refractivity contribution in [2.24, 2.45) is 10.8 Å². The fourth-order valence-corrected chi connectivity index (χ4v) is 8.27. The van der Waals surface area contributed by atoms with Crippen molar-refractivity contribution in [1.82, 2.24) is 20.5 Å². The Morgan fingerprint density at radius 1 is 1.02 bits per heavy atom. The van der Waals surface area contributed by atoms with Gasteiger partial charge in [-0.05, 0) is 73.3 Å². The molecule has 5 aliphatic rings. The number of benzene rings is 2. The number of para-hydroxylation sites is 1. The molecule has 4 fully saturated rings. The first-order chi connectivity index (χ1) is 22.2. The van der Waals surface area contributed by atoms with Crippen molar-refractivity contribution in [2.45, 2.75) is 50.6 Å². The number of piperidine rings is 1. The number of hydrogen-bond acceptors (Lipinski definition) is 8. The number of hydrogen-bond donors (Lipinski definition) is 3. The lowest BCUT2D eigenvalue weighted by molar-refractivity contribution is -0.193. The van der Waals surface area contributed by atoms with E-state index in [1.807, 2.05) is 48.7 Å². The minimum Gasteiger partial charge on any atom is -0.459 e. The van der Waals surface area contributed by atoms with Crippen LogP contribution in [0.25, 0.3) is 11.0 Å². The van der Waals surface area contributed by atoms with Crippen LogP contribution in [0.2, 0.25) is 0 Å². The maximum absolute atomic E-state index is 13.5. The van der Waals surface area contributed by atoms with Gasteiger partial charge in [-0.15, -0.1) is 0 Å². The van der Waals surface area contributed by atoms with E-state index in [0.29, 0.717) is 17.8 Å². The summed E-state index contributed by atoms with van der Waals surface area (Å²) in [5.74, 6) is -1.19. The van der Waals surface area contributed by atoms with Crippen LogP contribution in [0.15, 0.2) is 89.8 Å². The van der Waals surface area contributed by atoms with Crippen LogP contribution in [-0.2, 0) is 9.59 Å². The zero-order chi connectivity index (χ0) is 31.6. The number of allylic oxidation sites excluding steroid dienone is 1. The lowest BCUT2D eigenvalue weighted by Crippen LogP contribution is -2.64. The van der Waals surface area contributed by atoms with Gasteiger partial charge in [0, 0.05) is 47.7 Å². The summed E-state index contributed by atoms with van der Waals surface area (Å²) in [6.45, 7) is 5.09. The van der Waals surface area contributed by atoms with Crippen molar-refractivity contribution in [2.75, 3.05) is 11.9 Å². The van der Waals surface area contributed by atoms with Crippen molar-refractivity contribution >= 4 is 40.3 Å². The van der Waals surface area contributed by atoms with E-state index in [4.69, 9.17) is 4.42 Å². The van der Waals surface area contributed by atoms with E-state index in [1.165, 1.54) is 0 Å². The lowest BCUT2D eigenvalue weighted by Gasteiger charge is -2.71. The van der Waals surface area contributed by atoms with E-state index in [2.05, 4.69) is 33.6 Å². The van der Waals surface area contributed by atoms with Gasteiger partial charge in [-0.3, -0.25) is 34.4 Å². The van der Waals surface area contributed by atoms with E-state index in [1.54, 1.807) is 18.3 Å². The fourth-order valence-electron chi connectivity index (χ4n) is 8.27. The number of nitrogens with zero attached hydrogens (tertiary/aromatic N) is 2. The highest BCUT2D eigenvalue weighted by atomic mass is 16.3. The number of fused-ring (bicyclic) bond motifs is 2. The molecule has 2 unspecified atom stereocenters. The molecule has 0 radical (unpaired) electrons. The standard InChI is InChI=1S/C36H33N5O5/c1-21(39-31(23-7-5-13-37-16-23)28-14-22-6-2-3-10-27(22)46-28)15-35-17-36(18-35,19-35)20-38-25-9-4-8-24-30(25)34(45)41(33(24)44)26-11-12-29(42)40-32(26)43/h2-10,13-14,16,26,31,38-39H,1,11-12,15,17-20H2,(H,40,42,43). The Hall–Kier alpha value is -5.25. The number of nitrogens with one attached hydrogen (secondary N) is 3. The van der Waals surface area contributed by atoms with Crippen molar-refractivity contribution in [3.05, 3.63) is 108 Å². The maximum Gasteiger partial charge on any atom is 0.264 e. The quantitative estimate of drug-likeness (QED) is 0.210. The molecule has 9 rings (SSSR count). The normalized spacial score (nSPS) is 25.4. The van der Waals surface area contributed by atoms with Gasteiger partial charge in [-0.2, -0.15) is 0 Å². The summed E-state index contributed by atoms with van der Waals surface area (Å²) >= 11 is 0. The Kier molecular flexibility index (Phi) is 6.39. The number of pyridine rings is 1. The Balaban J connectivity index is 0.911. The first-order valence-corrected chi connectivity index (χ1v) is 15.6. The molecule has 3 N–H and O–H groups in total. The number of furan rings is 1. The largest absolute Gasteiger partial charge is 0.459 e. The van der Waals surface area contributed by atoms with Crippen LogP contribution in [0.1, 0.15) is 76.6 Å². The number of carbonyl (C=O) groups is 4. The minimum absolute atomic E-state index is 0.0884. The van der Waals surface area contributed by atoms with E-state index < -0.39 is 29.7 Å². The number of rotatable bonds is 10. The maximum atomic E-state index is 13.5. The Labute approximate surface area is 265 Å². The van der Waals surface area contributed by atoms with Gasteiger partial charge in [0.25, 0.3) is 11.8 Å². The fraction of sp³-hybridized carbons (Fsp3) is 0.306. The average Bonchev–Trinajstić information content (AvgIpc) is 3.56. The van der Waals surface area contributed by atoms with Gasteiger partial charge in [0.05, 0.1) is 11.1 Å². The molecule has 10 heteroatoms. The zero-order valence-electron chi connectivity index (χ0n) is 25.2. The van der Waals surface area contributed by atoms with Crippen LogP contribution in [0, 0.1) is 10.8 Å². The lowest BCUT2D eigenvalue weighted by atomic mass is 9.34. The van der Waals surface area contributed by atoms with Crippen LogP contribution >= 0.6 is 0 Å². The number of amides is 4. The predicted octanol–water partition coefficient (Wildman–Crippen LogP) is 5.09. The van der Waals surface area contributed by atoms with Crippen molar-refractivity contribution in [3.63, 3.8) is 0 Å². The molecule has 2 aromatic heterocycles. The van der Waals surface area contributed by atoms with Crippen molar-refractivity contribution in [1.29, 1.82) is 0 Å². The van der Waals surface area contributed by atoms with Crippen molar-refractivity contribution < 1.29 is 23.6 Å². The van der Waals surface area contributed by atoms with E-state index in [9.17, 15) is 19.2 Å². The summed E-state index contributed by atoms with van der Waals surface area (Å²) in [4.78, 5) is 56.1. The van der Waals surface area contributed by atoms with Gasteiger partial charge in [-0.1, -0.05) is 36.9 Å². The molecule has 1 saturated heterocycles. The van der Waals surface area contributed by atoms with Gasteiger partial charge in [0.1, 0.15) is 23.4 Å². The molecule has 2 aromatic carbocycles. The number of aromatic nitrogens is 1. The molecule has 3 aliphatic carbocycles. The summed E-state index contributed by atoms with van der Waals surface area (Å²) in [5, 5.41) is 10.4. The van der Waals surface area contributed by atoms with Crippen LogP contribution in [-0.4, -0.2) is 46.1 Å². The van der Waals surface area contributed by atoms with Crippen LogP contribution in [0.3, 0.4) is 0 Å². The molecular weight excluding hydrogens is 582 g/mol. The molecule has 4 aromatic rings. The molecule has 0 spiro atoms. The van der Waals surface area contributed by atoms with Gasteiger partial charge in [0.15, 0.2) is 0 Å². The second kappa shape index (κ2) is 10.4. The summed E-state index contributed by atoms with van der Waals surface area (Å²) in [5.41, 5.74) is 4.28. The monoisotopic (exact) mass is 615 g/mol. The summed E-state index contributed by atoms with van der Waals surface area (Å²) < 4.78 is 6.23. The third kappa shape index (κ3) is 4.58. The first kappa shape index (κ1) is 28.2. The number of anilines is 1. The van der Waals surface area contributed by atoms with E-state index >= 15 is 0 Å². The molecule has 2 atom stereocenters. The average molecular weight is 616 g/mol. The van der Waals surface area contributed by atoms with Crippen molar-refractivity contribution in [3.8, 4) is 0 Å². The SMILES string of the molecule is C=C(CC12CC(CNc3cccc4c3C(=O)N(C3CCC(=O)NC3=O)C4=O)(C1)C2)NC(c1cccnc1)c1cc2ccccc2o1. The molecular formula is C36H33N5O5. The van der Waals surface area contributed by atoms with Gasteiger partial charge in [-0.25, -0.2) is 0 Å². The van der Waals surface area contributed by atoms with Crippen LogP contribution in [0.4, 0.5) is 5.69 Å². The summed E-state index contributed by atoms with van der Waals surface area (Å²) in [7, 11) is 0. The first-order valence-electron chi connectivity index (χ1n) is 15.6. The summed E-state index contributed by atoms with van der Waals surface area (Å²) in [6, 6.07) is 18.0. The topological polar surface area (TPSA) is 134 Å². The third-order valence-electron chi connectivity index (χ3n) is 10.1. The predicted molar refractivity (Wildman–Crippen MR) is 170 cm³/mol. The highest BCUT2D eigenvalue weighted by molar-refractivity contribution is 6.25. The van der Waals surface area contributed by atoms with Gasteiger partial charge >= 0.3 is 0 Å². The van der Waals surface area contributed by atoms with E-state index in [-0.39, 0.29) is 35.3 Å². The van der Waals surface area contributed by atoms with E-state index in [0.717, 1.165) is 58.6 Å². The second-order valence-electron chi connectivity index (χ2n) is 13.4. The highest BCUT2D eigenvalue weighted by Gasteiger charge is 2.67. The molecule has 2 bridgehead atoms. The molecule has 4 amide bonds. The van der Waals surface area contributed by atoms with Crippen LogP contribution in [0.5, 0.6) is 0 Å². The van der Waals surface area contributed by atoms with Crippen LogP contribution < -0.4 is 16.0 Å². The molecule has 232 valence electrons. The number of imide groups is 2. The molecule has 10 nitrogen and oxygen atoms in total. The minimum atomic E-state index is -0.985. The Bertz CT molecular complexity index is 1900. The molecule has 46 heavy (non-hydrogen) atoms. The van der Waals surface area contributed by atoms with Gasteiger partial charge in [0.2, 0.25) is 11.8 Å². The molecule has 3 saturated carbocycles. The molecule has 2 aliphatic heterocycles. The Morgan fingerprint density at radius 2 is 1.85 bits per heavy atom. The molecule has 4 heterocycles. The summed E-state index contributed by atoms with van der Waals surface area (Å²) in [6.07, 6.45) is 7.80. The smallest absolute Gasteiger partial charge is 0.264 e. The second-order valence-corrected chi connectivity index (χ2v) is 13.4. The zero-order valence-corrected chi connectivity index (χ0v) is 25.2. The van der Waals surface area contributed by atoms with Gasteiger partial charge < -0.3 is 15.1 Å².